The summed E-state index contributed by atoms with van der Waals surface area (Å²) in [5, 5.41) is 0. The molecule has 0 bridgehead atoms. The number of carbonyl (C=O) groups is 1. The molecule has 0 unspecified atom stereocenters. The van der Waals surface area contributed by atoms with Gasteiger partial charge < -0.3 is 0 Å². The van der Waals surface area contributed by atoms with Crippen LogP contribution < -0.4 is 0 Å². The molecule has 2 heterocycles. The molecule has 0 fully saturated rings. The van der Waals surface area contributed by atoms with Gasteiger partial charge in [-0.25, -0.2) is 19.9 Å². The number of hydrogen-bond donors (Lipinski definition) is 0. The summed E-state index contributed by atoms with van der Waals surface area (Å²) in [7, 11) is 0. The molecule has 0 radical (unpaired) electrons. The van der Waals surface area contributed by atoms with E-state index in [1.807, 2.05) is 6.92 Å². The van der Waals surface area contributed by atoms with Gasteiger partial charge in [-0.15, -0.1) is 0 Å². The molecule has 0 amide bonds. The number of aromatic nitrogens is 4. The minimum absolute atomic E-state index is 0.140. The molecule has 0 atom stereocenters. The molecule has 18 heavy (non-hydrogen) atoms. The van der Waals surface area contributed by atoms with Crippen LogP contribution in [-0.4, -0.2) is 25.7 Å². The molecule has 3 rings (SSSR count). The topological polar surface area (TPSA) is 68.6 Å². The van der Waals surface area contributed by atoms with Crippen molar-refractivity contribution in [1.29, 1.82) is 0 Å². The van der Waals surface area contributed by atoms with E-state index in [1.165, 1.54) is 0 Å². The van der Waals surface area contributed by atoms with Crippen LogP contribution in [0.3, 0.4) is 0 Å². The lowest BCUT2D eigenvalue weighted by atomic mass is 9.96. The van der Waals surface area contributed by atoms with Crippen LogP contribution in [0.1, 0.15) is 34.7 Å². The van der Waals surface area contributed by atoms with Crippen LogP contribution in [0.4, 0.5) is 0 Å². The van der Waals surface area contributed by atoms with Crippen molar-refractivity contribution in [2.75, 3.05) is 0 Å². The fourth-order valence-corrected chi connectivity index (χ4v) is 2.10. The Morgan fingerprint density at radius 3 is 2.89 bits per heavy atom. The summed E-state index contributed by atoms with van der Waals surface area (Å²) in [6.07, 6.45) is 5.61. The first-order chi connectivity index (χ1) is 8.74. The quantitative estimate of drug-likeness (QED) is 0.759. The predicted molar refractivity (Wildman–Crippen MR) is 65.1 cm³/mol. The number of nitrogens with zero attached hydrogens (tertiary/aromatic N) is 4. The fourth-order valence-electron chi connectivity index (χ4n) is 2.10. The van der Waals surface area contributed by atoms with E-state index in [2.05, 4.69) is 19.9 Å². The van der Waals surface area contributed by atoms with Crippen LogP contribution in [0.25, 0.3) is 11.5 Å². The molecule has 2 aromatic heterocycles. The molecular formula is C13H12N4O. The van der Waals surface area contributed by atoms with Crippen molar-refractivity contribution < 1.29 is 4.79 Å². The average molecular weight is 240 g/mol. The number of ketones is 1. The average Bonchev–Trinajstić information content (AvgIpc) is 2.39. The van der Waals surface area contributed by atoms with Gasteiger partial charge in [0.05, 0.1) is 11.3 Å². The summed E-state index contributed by atoms with van der Waals surface area (Å²) in [6, 6.07) is 1.78. The normalized spacial score (nSPS) is 14.4. The van der Waals surface area contributed by atoms with Crippen molar-refractivity contribution in [2.45, 2.75) is 26.2 Å². The second-order valence-electron chi connectivity index (χ2n) is 4.32. The zero-order valence-electron chi connectivity index (χ0n) is 10.1. The minimum Gasteiger partial charge on any atom is -0.294 e. The number of Topliss-reactive ketones (excluding diaryl/α,β-unsaturated/α-hetero) is 1. The van der Waals surface area contributed by atoms with Gasteiger partial charge in [0, 0.05) is 18.8 Å². The highest BCUT2D eigenvalue weighted by Gasteiger charge is 2.19. The summed E-state index contributed by atoms with van der Waals surface area (Å²) in [5.41, 5.74) is 2.20. The highest BCUT2D eigenvalue weighted by molar-refractivity contribution is 5.97. The highest BCUT2D eigenvalue weighted by atomic mass is 16.1. The largest absolute Gasteiger partial charge is 0.294 e. The number of carbonyl (C=O) groups excluding carboxylic acids is 1. The lowest BCUT2D eigenvalue weighted by Gasteiger charge is -2.13. The Bertz CT molecular complexity index is 624. The van der Waals surface area contributed by atoms with Crippen molar-refractivity contribution in [3.63, 3.8) is 0 Å². The van der Waals surface area contributed by atoms with Crippen LogP contribution in [-0.2, 0) is 6.42 Å². The first-order valence-electron chi connectivity index (χ1n) is 5.93. The van der Waals surface area contributed by atoms with Gasteiger partial charge in [0.15, 0.2) is 11.6 Å². The van der Waals surface area contributed by atoms with Gasteiger partial charge in [-0.2, -0.15) is 0 Å². The number of hydrogen-bond acceptors (Lipinski definition) is 5. The third kappa shape index (κ3) is 1.88. The monoisotopic (exact) mass is 240 g/mol. The zero-order valence-corrected chi connectivity index (χ0v) is 10.1. The second-order valence-corrected chi connectivity index (χ2v) is 4.32. The minimum atomic E-state index is 0.140. The van der Waals surface area contributed by atoms with E-state index in [4.69, 9.17) is 0 Å². The molecule has 0 spiro atoms. The van der Waals surface area contributed by atoms with Gasteiger partial charge in [-0.05, 0) is 25.8 Å². The third-order valence-electron chi connectivity index (χ3n) is 2.99. The summed E-state index contributed by atoms with van der Waals surface area (Å²) >= 11 is 0. The smallest absolute Gasteiger partial charge is 0.178 e. The van der Waals surface area contributed by atoms with Crippen molar-refractivity contribution in [1.82, 2.24) is 19.9 Å². The van der Waals surface area contributed by atoms with Crippen molar-refractivity contribution >= 4 is 5.78 Å². The van der Waals surface area contributed by atoms with E-state index >= 15 is 0 Å². The Morgan fingerprint density at radius 2 is 2.06 bits per heavy atom. The molecule has 5 nitrogen and oxygen atoms in total. The molecule has 0 N–H and O–H groups in total. The zero-order chi connectivity index (χ0) is 12.5. The van der Waals surface area contributed by atoms with Crippen molar-refractivity contribution in [3.05, 3.63) is 35.5 Å². The molecule has 5 heteroatoms. The van der Waals surface area contributed by atoms with E-state index in [1.54, 1.807) is 18.5 Å². The predicted octanol–water partition coefficient (Wildman–Crippen LogP) is 1.76. The van der Waals surface area contributed by atoms with Gasteiger partial charge in [0.1, 0.15) is 11.5 Å². The van der Waals surface area contributed by atoms with Gasteiger partial charge in [-0.3, -0.25) is 4.79 Å². The highest BCUT2D eigenvalue weighted by Crippen LogP contribution is 2.21. The summed E-state index contributed by atoms with van der Waals surface area (Å²) < 4.78 is 0. The summed E-state index contributed by atoms with van der Waals surface area (Å²) in [4.78, 5) is 28.7. The summed E-state index contributed by atoms with van der Waals surface area (Å²) in [6.45, 7) is 1.82. The number of aryl methyl sites for hydroxylation is 2. The maximum Gasteiger partial charge on any atom is 0.178 e. The van der Waals surface area contributed by atoms with Crippen molar-refractivity contribution in [3.8, 4) is 11.5 Å². The van der Waals surface area contributed by atoms with Crippen LogP contribution in [0, 0.1) is 6.92 Å². The standard InChI is InChI=1S/C13H12N4O/c1-8-14-6-5-11(16-8)13-15-7-9-10(17-13)3-2-4-12(9)18/h5-7H,2-4H2,1H3. The first-order valence-corrected chi connectivity index (χ1v) is 5.93. The Morgan fingerprint density at radius 1 is 1.17 bits per heavy atom. The number of fused-ring (bicyclic) bond motifs is 1. The Hall–Kier alpha value is -2.17. The van der Waals surface area contributed by atoms with Crippen LogP contribution in [0.5, 0.6) is 0 Å². The number of rotatable bonds is 1. The maximum absolute atomic E-state index is 11.7. The van der Waals surface area contributed by atoms with E-state index in [9.17, 15) is 4.79 Å². The molecule has 0 aromatic carbocycles. The molecule has 90 valence electrons. The Labute approximate surface area is 104 Å². The molecule has 1 aliphatic rings. The van der Waals surface area contributed by atoms with Crippen LogP contribution in [0.2, 0.25) is 0 Å². The second kappa shape index (κ2) is 4.25. The Kier molecular flexibility index (Phi) is 2.59. The van der Waals surface area contributed by atoms with E-state index < -0.39 is 0 Å². The van der Waals surface area contributed by atoms with Gasteiger partial charge in [0.25, 0.3) is 0 Å². The fraction of sp³-hybridized carbons (Fsp3) is 0.308. The molecule has 0 saturated heterocycles. The molecular weight excluding hydrogens is 228 g/mol. The van der Waals surface area contributed by atoms with Crippen LogP contribution >= 0.6 is 0 Å². The van der Waals surface area contributed by atoms with E-state index in [0.29, 0.717) is 29.3 Å². The Balaban J connectivity index is 2.07. The lowest BCUT2D eigenvalue weighted by Crippen LogP contribution is -2.14. The molecule has 0 saturated carbocycles. The summed E-state index contributed by atoms with van der Waals surface area (Å²) in [5.74, 6) is 1.39. The lowest BCUT2D eigenvalue weighted by molar-refractivity contribution is 0.0971. The van der Waals surface area contributed by atoms with Gasteiger partial charge in [0.2, 0.25) is 0 Å². The first kappa shape index (κ1) is 11.0. The van der Waals surface area contributed by atoms with Crippen molar-refractivity contribution in [2.24, 2.45) is 0 Å². The van der Waals surface area contributed by atoms with E-state index in [0.717, 1.165) is 18.5 Å². The van der Waals surface area contributed by atoms with Gasteiger partial charge in [-0.1, -0.05) is 0 Å². The van der Waals surface area contributed by atoms with E-state index in [-0.39, 0.29) is 5.78 Å². The van der Waals surface area contributed by atoms with Crippen LogP contribution in [0.15, 0.2) is 18.5 Å². The third-order valence-corrected chi connectivity index (χ3v) is 2.99. The maximum atomic E-state index is 11.7. The molecule has 2 aromatic rings. The molecule has 1 aliphatic carbocycles. The molecule has 0 aliphatic heterocycles. The van der Waals surface area contributed by atoms with Gasteiger partial charge >= 0.3 is 0 Å². The SMILES string of the molecule is Cc1nccc(-c2ncc3c(n2)CCCC3=O)n1.